The summed E-state index contributed by atoms with van der Waals surface area (Å²) in [6, 6.07) is 13.9. The molecule has 0 aliphatic rings. The van der Waals surface area contributed by atoms with Crippen LogP contribution < -0.4 is 10.0 Å². The van der Waals surface area contributed by atoms with Crippen LogP contribution in [0, 0.1) is 0 Å². The number of nitrogens with zero attached hydrogens (tertiary/aromatic N) is 1. The minimum absolute atomic E-state index is 0.00978. The van der Waals surface area contributed by atoms with Crippen LogP contribution in [0.5, 0.6) is 0 Å². The van der Waals surface area contributed by atoms with Crippen molar-refractivity contribution in [2.24, 2.45) is 0 Å². The Morgan fingerprint density at radius 1 is 1.00 bits per heavy atom. The molecule has 0 saturated heterocycles. The number of rotatable bonds is 7. The fourth-order valence-corrected chi connectivity index (χ4v) is 2.56. The predicted molar refractivity (Wildman–Crippen MR) is 83.4 cm³/mol. The number of sulfonamides is 1. The van der Waals surface area contributed by atoms with Crippen molar-refractivity contribution in [3.05, 3.63) is 66.0 Å². The monoisotopic (exact) mass is 305 g/mol. The lowest BCUT2D eigenvalue weighted by molar-refractivity contribution is 0.569. The molecule has 0 bridgehead atoms. The van der Waals surface area contributed by atoms with E-state index in [-0.39, 0.29) is 6.04 Å². The molecule has 0 aliphatic heterocycles. The largest absolute Gasteiger partial charge is 0.305 e. The quantitative estimate of drug-likeness (QED) is 0.757. The number of hydrogen-bond acceptors (Lipinski definition) is 4. The third-order valence-electron chi connectivity index (χ3n) is 3.01. The van der Waals surface area contributed by atoms with Crippen molar-refractivity contribution in [3.8, 4) is 0 Å². The van der Waals surface area contributed by atoms with Gasteiger partial charge in [-0.25, -0.2) is 13.1 Å². The van der Waals surface area contributed by atoms with Crippen molar-refractivity contribution in [3.63, 3.8) is 0 Å². The van der Waals surface area contributed by atoms with Crippen molar-refractivity contribution in [2.75, 3.05) is 19.3 Å². The summed E-state index contributed by atoms with van der Waals surface area (Å²) in [4.78, 5) is 4.03. The summed E-state index contributed by atoms with van der Waals surface area (Å²) in [5.41, 5.74) is 2.22. The van der Waals surface area contributed by atoms with E-state index in [2.05, 4.69) is 15.0 Å². The maximum absolute atomic E-state index is 11.1. The van der Waals surface area contributed by atoms with Gasteiger partial charge in [0.2, 0.25) is 10.0 Å². The molecule has 0 aliphatic carbocycles. The Labute approximate surface area is 125 Å². The lowest BCUT2D eigenvalue weighted by Gasteiger charge is -2.19. The van der Waals surface area contributed by atoms with E-state index >= 15 is 0 Å². The van der Waals surface area contributed by atoms with Crippen LogP contribution in [0.4, 0.5) is 0 Å². The molecule has 1 aromatic carbocycles. The van der Waals surface area contributed by atoms with E-state index in [1.54, 1.807) is 12.4 Å². The number of pyridine rings is 1. The fraction of sp³-hybridized carbons (Fsp3) is 0.267. The minimum atomic E-state index is -3.15. The third-order valence-corrected chi connectivity index (χ3v) is 3.74. The number of nitrogens with one attached hydrogen (secondary N) is 2. The topological polar surface area (TPSA) is 71.1 Å². The average molecular weight is 305 g/mol. The van der Waals surface area contributed by atoms with Crippen LogP contribution in [0.1, 0.15) is 17.2 Å². The molecule has 0 spiro atoms. The first-order valence-corrected chi connectivity index (χ1v) is 8.58. The van der Waals surface area contributed by atoms with Crippen LogP contribution in [-0.2, 0) is 10.0 Å². The maximum atomic E-state index is 11.1. The Hall–Kier alpha value is -1.76. The molecule has 6 heteroatoms. The molecule has 21 heavy (non-hydrogen) atoms. The first-order chi connectivity index (χ1) is 10.1. The Morgan fingerprint density at radius 3 is 2.24 bits per heavy atom. The summed E-state index contributed by atoms with van der Waals surface area (Å²) >= 11 is 0. The van der Waals surface area contributed by atoms with Crippen LogP contribution in [0.25, 0.3) is 0 Å². The van der Waals surface area contributed by atoms with Crippen molar-refractivity contribution in [1.29, 1.82) is 0 Å². The molecule has 0 saturated carbocycles. The van der Waals surface area contributed by atoms with Crippen LogP contribution in [-0.4, -0.2) is 32.7 Å². The molecule has 112 valence electrons. The van der Waals surface area contributed by atoms with Gasteiger partial charge in [0, 0.05) is 25.5 Å². The van der Waals surface area contributed by atoms with Gasteiger partial charge in [-0.2, -0.15) is 0 Å². The summed E-state index contributed by atoms with van der Waals surface area (Å²) in [6.07, 6.45) is 4.66. The van der Waals surface area contributed by atoms with Gasteiger partial charge in [0.1, 0.15) is 0 Å². The van der Waals surface area contributed by atoms with Crippen LogP contribution in [0.2, 0.25) is 0 Å². The Bertz CT molecular complexity index is 606. The van der Waals surface area contributed by atoms with Crippen molar-refractivity contribution < 1.29 is 8.42 Å². The minimum Gasteiger partial charge on any atom is -0.305 e. The second-order valence-electron chi connectivity index (χ2n) is 4.74. The molecule has 2 aromatic rings. The van der Waals surface area contributed by atoms with Gasteiger partial charge < -0.3 is 5.32 Å². The van der Waals surface area contributed by atoms with Crippen LogP contribution in [0.15, 0.2) is 54.9 Å². The molecule has 2 rings (SSSR count). The molecule has 1 unspecified atom stereocenters. The molecule has 5 nitrogen and oxygen atoms in total. The van der Waals surface area contributed by atoms with Gasteiger partial charge >= 0.3 is 0 Å². The van der Waals surface area contributed by atoms with E-state index < -0.39 is 10.0 Å². The van der Waals surface area contributed by atoms with Crippen LogP contribution >= 0.6 is 0 Å². The summed E-state index contributed by atoms with van der Waals surface area (Å²) in [6.45, 7) is 0.891. The summed E-state index contributed by atoms with van der Waals surface area (Å²) in [5, 5.41) is 3.37. The van der Waals surface area contributed by atoms with E-state index in [9.17, 15) is 8.42 Å². The van der Waals surface area contributed by atoms with Crippen molar-refractivity contribution >= 4 is 10.0 Å². The van der Waals surface area contributed by atoms with E-state index in [1.807, 2.05) is 42.5 Å². The zero-order valence-electron chi connectivity index (χ0n) is 11.9. The first-order valence-electron chi connectivity index (χ1n) is 6.69. The number of hydrogen-bond donors (Lipinski definition) is 2. The third kappa shape index (κ3) is 5.26. The van der Waals surface area contributed by atoms with Gasteiger partial charge in [-0.3, -0.25) is 4.98 Å². The number of benzene rings is 1. The lowest BCUT2D eigenvalue weighted by Crippen LogP contribution is -2.33. The Kier molecular flexibility index (Phi) is 5.44. The molecule has 1 atom stereocenters. The Balaban J connectivity index is 2.07. The summed E-state index contributed by atoms with van der Waals surface area (Å²) in [7, 11) is -3.15. The molecule has 0 radical (unpaired) electrons. The second kappa shape index (κ2) is 7.31. The van der Waals surface area contributed by atoms with E-state index in [0.29, 0.717) is 13.1 Å². The number of aromatic nitrogens is 1. The first kappa shape index (κ1) is 15.6. The molecule has 0 fully saturated rings. The molecular formula is C15H19N3O2S. The fourth-order valence-electron chi connectivity index (χ4n) is 2.08. The predicted octanol–water partition coefficient (Wildman–Crippen LogP) is 1.31. The van der Waals surface area contributed by atoms with Gasteiger partial charge in [0.05, 0.1) is 12.3 Å². The highest BCUT2D eigenvalue weighted by Gasteiger charge is 2.12. The van der Waals surface area contributed by atoms with Gasteiger partial charge in [-0.15, -0.1) is 0 Å². The van der Waals surface area contributed by atoms with Gasteiger partial charge in [-0.1, -0.05) is 30.3 Å². The van der Waals surface area contributed by atoms with Crippen molar-refractivity contribution in [1.82, 2.24) is 15.0 Å². The van der Waals surface area contributed by atoms with E-state index in [1.165, 1.54) is 0 Å². The Morgan fingerprint density at radius 2 is 1.62 bits per heavy atom. The highest BCUT2D eigenvalue weighted by Crippen LogP contribution is 2.20. The molecule has 0 amide bonds. The summed E-state index contributed by atoms with van der Waals surface area (Å²) in [5.74, 6) is 0. The average Bonchev–Trinajstić information content (AvgIpc) is 2.48. The lowest BCUT2D eigenvalue weighted by atomic mass is 10.00. The summed E-state index contributed by atoms with van der Waals surface area (Å²) < 4.78 is 24.6. The second-order valence-corrected chi connectivity index (χ2v) is 6.58. The van der Waals surface area contributed by atoms with E-state index in [0.717, 1.165) is 17.4 Å². The molecular weight excluding hydrogens is 286 g/mol. The van der Waals surface area contributed by atoms with Crippen molar-refractivity contribution in [2.45, 2.75) is 6.04 Å². The SMILES string of the molecule is CS(=O)(=O)NCCNC(c1ccccc1)c1ccncc1. The zero-order valence-corrected chi connectivity index (χ0v) is 12.7. The highest BCUT2D eigenvalue weighted by atomic mass is 32.2. The van der Waals surface area contributed by atoms with Gasteiger partial charge in [0.25, 0.3) is 0 Å². The molecule has 2 N–H and O–H groups in total. The van der Waals surface area contributed by atoms with Gasteiger partial charge in [-0.05, 0) is 23.3 Å². The zero-order chi connectivity index (χ0) is 15.1. The standard InChI is InChI=1S/C15H19N3O2S/c1-21(19,20)18-12-11-17-15(13-5-3-2-4-6-13)14-7-9-16-10-8-14/h2-10,15,17-18H,11-12H2,1H3. The normalized spacial score (nSPS) is 13.0. The maximum Gasteiger partial charge on any atom is 0.208 e. The van der Waals surface area contributed by atoms with E-state index in [4.69, 9.17) is 0 Å². The molecule has 1 aromatic heterocycles. The van der Waals surface area contributed by atoms with Crippen LogP contribution in [0.3, 0.4) is 0 Å². The highest BCUT2D eigenvalue weighted by molar-refractivity contribution is 7.88. The van der Waals surface area contributed by atoms with Gasteiger partial charge in [0.15, 0.2) is 0 Å². The molecule has 1 heterocycles. The smallest absolute Gasteiger partial charge is 0.208 e.